The Bertz CT molecular complexity index is 718. The van der Waals surface area contributed by atoms with Crippen molar-refractivity contribution in [3.8, 4) is 22.8 Å². The molecule has 0 N–H and O–H groups in total. The predicted octanol–water partition coefficient (Wildman–Crippen LogP) is 4.25. The van der Waals surface area contributed by atoms with Gasteiger partial charge in [0.15, 0.2) is 0 Å². The summed E-state index contributed by atoms with van der Waals surface area (Å²) in [5.41, 5.74) is 4.31. The zero-order valence-corrected chi connectivity index (χ0v) is 12.3. The summed E-state index contributed by atoms with van der Waals surface area (Å²) in [6.45, 7) is 4.64. The number of rotatable bonds is 4. The van der Waals surface area contributed by atoms with Gasteiger partial charge in [-0.25, -0.2) is 4.68 Å². The Hall–Kier alpha value is -2.55. The third kappa shape index (κ3) is 2.55. The molecule has 1 heterocycles. The summed E-state index contributed by atoms with van der Waals surface area (Å²) >= 11 is 0. The van der Waals surface area contributed by atoms with E-state index in [2.05, 4.69) is 36.3 Å². The molecule has 3 heteroatoms. The first-order valence-electron chi connectivity index (χ1n) is 7.14. The Kier molecular flexibility index (Phi) is 3.73. The largest absolute Gasteiger partial charge is 0.477 e. The molecule has 0 aliphatic carbocycles. The highest BCUT2D eigenvalue weighted by atomic mass is 16.5. The Morgan fingerprint density at radius 2 is 1.57 bits per heavy atom. The SMILES string of the molecule is CCOc1nn(-c2ccccc2)c(-c2ccccc2)c1C. The molecule has 0 aliphatic heterocycles. The lowest BCUT2D eigenvalue weighted by atomic mass is 10.1. The molecule has 21 heavy (non-hydrogen) atoms. The van der Waals surface area contributed by atoms with Crippen molar-refractivity contribution in [2.24, 2.45) is 0 Å². The van der Waals surface area contributed by atoms with Crippen molar-refractivity contribution in [1.29, 1.82) is 0 Å². The van der Waals surface area contributed by atoms with Gasteiger partial charge in [-0.1, -0.05) is 48.5 Å². The van der Waals surface area contributed by atoms with Crippen LogP contribution in [-0.4, -0.2) is 16.4 Å². The molecule has 0 spiro atoms. The number of para-hydroxylation sites is 1. The monoisotopic (exact) mass is 278 g/mol. The molecular weight excluding hydrogens is 260 g/mol. The van der Waals surface area contributed by atoms with Gasteiger partial charge in [0.2, 0.25) is 5.88 Å². The molecule has 3 aromatic rings. The molecule has 0 aliphatic rings. The predicted molar refractivity (Wildman–Crippen MR) is 84.9 cm³/mol. The van der Waals surface area contributed by atoms with Crippen LogP contribution in [0.4, 0.5) is 0 Å². The second-order valence-corrected chi connectivity index (χ2v) is 4.83. The van der Waals surface area contributed by atoms with E-state index in [0.717, 1.165) is 22.5 Å². The van der Waals surface area contributed by atoms with Crippen LogP contribution in [0.2, 0.25) is 0 Å². The standard InChI is InChI=1S/C18H18N2O/c1-3-21-18-14(2)17(15-10-6-4-7-11-15)20(19-18)16-12-8-5-9-13-16/h4-13H,3H2,1-2H3. The molecule has 0 saturated carbocycles. The fraction of sp³-hybridized carbons (Fsp3) is 0.167. The lowest BCUT2D eigenvalue weighted by molar-refractivity contribution is 0.322. The summed E-state index contributed by atoms with van der Waals surface area (Å²) in [6, 6.07) is 20.4. The van der Waals surface area contributed by atoms with E-state index in [4.69, 9.17) is 4.74 Å². The topological polar surface area (TPSA) is 27.1 Å². The van der Waals surface area contributed by atoms with Crippen molar-refractivity contribution in [1.82, 2.24) is 9.78 Å². The third-order valence-corrected chi connectivity index (χ3v) is 3.41. The van der Waals surface area contributed by atoms with Gasteiger partial charge >= 0.3 is 0 Å². The first kappa shape index (κ1) is 13.4. The van der Waals surface area contributed by atoms with Crippen LogP contribution in [-0.2, 0) is 0 Å². The van der Waals surface area contributed by atoms with Crippen LogP contribution in [0, 0.1) is 6.92 Å². The minimum atomic E-state index is 0.612. The number of benzene rings is 2. The summed E-state index contributed by atoms with van der Waals surface area (Å²) in [5.74, 6) is 0.695. The van der Waals surface area contributed by atoms with E-state index in [1.54, 1.807) is 0 Å². The zero-order valence-electron chi connectivity index (χ0n) is 12.3. The summed E-state index contributed by atoms with van der Waals surface area (Å²) in [5, 5.41) is 4.64. The number of hydrogen-bond donors (Lipinski definition) is 0. The van der Waals surface area contributed by atoms with E-state index in [9.17, 15) is 0 Å². The summed E-state index contributed by atoms with van der Waals surface area (Å²) in [4.78, 5) is 0. The normalized spacial score (nSPS) is 10.6. The van der Waals surface area contributed by atoms with Crippen molar-refractivity contribution in [3.63, 3.8) is 0 Å². The molecule has 3 nitrogen and oxygen atoms in total. The van der Waals surface area contributed by atoms with Crippen LogP contribution in [0.25, 0.3) is 16.9 Å². The Morgan fingerprint density at radius 1 is 0.952 bits per heavy atom. The van der Waals surface area contributed by atoms with E-state index < -0.39 is 0 Å². The Morgan fingerprint density at radius 3 is 2.19 bits per heavy atom. The number of nitrogens with zero attached hydrogens (tertiary/aromatic N) is 2. The van der Waals surface area contributed by atoms with E-state index in [1.807, 2.05) is 48.0 Å². The fourth-order valence-corrected chi connectivity index (χ4v) is 2.44. The molecule has 2 aromatic carbocycles. The van der Waals surface area contributed by atoms with Crippen molar-refractivity contribution < 1.29 is 4.74 Å². The molecule has 0 atom stereocenters. The van der Waals surface area contributed by atoms with Crippen LogP contribution in [0.1, 0.15) is 12.5 Å². The van der Waals surface area contributed by atoms with E-state index >= 15 is 0 Å². The minimum Gasteiger partial charge on any atom is -0.477 e. The van der Waals surface area contributed by atoms with E-state index in [1.165, 1.54) is 0 Å². The molecule has 0 bridgehead atoms. The van der Waals surface area contributed by atoms with Gasteiger partial charge in [-0.3, -0.25) is 0 Å². The van der Waals surface area contributed by atoms with Crippen molar-refractivity contribution >= 4 is 0 Å². The second-order valence-electron chi connectivity index (χ2n) is 4.83. The fourth-order valence-electron chi connectivity index (χ4n) is 2.44. The van der Waals surface area contributed by atoms with Crippen molar-refractivity contribution in [2.75, 3.05) is 6.61 Å². The molecular formula is C18H18N2O. The molecule has 0 radical (unpaired) electrons. The lowest BCUT2D eigenvalue weighted by Crippen LogP contribution is -1.99. The number of aromatic nitrogens is 2. The summed E-state index contributed by atoms with van der Waals surface area (Å²) < 4.78 is 7.62. The second kappa shape index (κ2) is 5.83. The van der Waals surface area contributed by atoms with Crippen LogP contribution >= 0.6 is 0 Å². The Labute approximate surface area is 124 Å². The molecule has 1 aromatic heterocycles. The van der Waals surface area contributed by atoms with Gasteiger partial charge in [-0.2, -0.15) is 0 Å². The first-order valence-corrected chi connectivity index (χ1v) is 7.14. The average Bonchev–Trinajstić information content (AvgIpc) is 2.86. The third-order valence-electron chi connectivity index (χ3n) is 3.41. The van der Waals surface area contributed by atoms with Crippen molar-refractivity contribution in [2.45, 2.75) is 13.8 Å². The van der Waals surface area contributed by atoms with Crippen LogP contribution in [0.5, 0.6) is 5.88 Å². The maximum atomic E-state index is 5.67. The van der Waals surface area contributed by atoms with Crippen molar-refractivity contribution in [3.05, 3.63) is 66.2 Å². The highest BCUT2D eigenvalue weighted by Gasteiger charge is 2.17. The molecule has 0 amide bonds. The van der Waals surface area contributed by atoms with Gasteiger partial charge in [-0.15, -0.1) is 5.10 Å². The summed E-state index contributed by atoms with van der Waals surface area (Å²) in [7, 11) is 0. The molecule has 0 unspecified atom stereocenters. The number of hydrogen-bond acceptors (Lipinski definition) is 2. The highest BCUT2D eigenvalue weighted by molar-refractivity contribution is 5.67. The minimum absolute atomic E-state index is 0.612. The number of ether oxygens (including phenoxy) is 1. The molecule has 106 valence electrons. The van der Waals surface area contributed by atoms with Gasteiger partial charge in [-0.05, 0) is 26.0 Å². The quantitative estimate of drug-likeness (QED) is 0.713. The van der Waals surface area contributed by atoms with Gasteiger partial charge < -0.3 is 4.74 Å². The van der Waals surface area contributed by atoms with Crippen LogP contribution in [0.3, 0.4) is 0 Å². The highest BCUT2D eigenvalue weighted by Crippen LogP contribution is 2.32. The van der Waals surface area contributed by atoms with Gasteiger partial charge in [0.25, 0.3) is 0 Å². The van der Waals surface area contributed by atoms with Gasteiger partial charge in [0.1, 0.15) is 0 Å². The maximum Gasteiger partial charge on any atom is 0.236 e. The van der Waals surface area contributed by atoms with E-state index in [-0.39, 0.29) is 0 Å². The first-order chi connectivity index (χ1) is 10.3. The molecule has 0 fully saturated rings. The average molecular weight is 278 g/mol. The van der Waals surface area contributed by atoms with Gasteiger partial charge in [0, 0.05) is 11.1 Å². The molecule has 3 rings (SSSR count). The van der Waals surface area contributed by atoms with Crippen LogP contribution < -0.4 is 4.74 Å². The maximum absolute atomic E-state index is 5.67. The lowest BCUT2D eigenvalue weighted by Gasteiger charge is -2.08. The van der Waals surface area contributed by atoms with Gasteiger partial charge in [0.05, 0.1) is 18.0 Å². The zero-order chi connectivity index (χ0) is 14.7. The van der Waals surface area contributed by atoms with Crippen LogP contribution in [0.15, 0.2) is 60.7 Å². The van der Waals surface area contributed by atoms with E-state index in [0.29, 0.717) is 12.5 Å². The smallest absolute Gasteiger partial charge is 0.236 e. The Balaban J connectivity index is 2.21. The molecule has 0 saturated heterocycles. The summed E-state index contributed by atoms with van der Waals surface area (Å²) in [6.07, 6.45) is 0.